The van der Waals surface area contributed by atoms with Crippen LogP contribution in [0.3, 0.4) is 0 Å². The molecule has 5 heteroatoms. The Balaban J connectivity index is 2.49. The fourth-order valence-electron chi connectivity index (χ4n) is 1.55. The number of hydrogen-bond donors (Lipinski definition) is 3. The Morgan fingerprint density at radius 3 is 3.29 bits per heavy atom. The van der Waals surface area contributed by atoms with Crippen molar-refractivity contribution >= 4 is 22.1 Å². The predicted molar refractivity (Wildman–Crippen MR) is 52.5 cm³/mol. The number of pyridine rings is 1. The molecular weight excluding hydrogens is 178 g/mol. The van der Waals surface area contributed by atoms with Crippen molar-refractivity contribution in [2.24, 2.45) is 5.73 Å². The Kier molecular flexibility index (Phi) is 1.37. The van der Waals surface area contributed by atoms with Crippen LogP contribution in [0, 0.1) is 6.07 Å². The van der Waals surface area contributed by atoms with E-state index >= 15 is 0 Å². The van der Waals surface area contributed by atoms with Gasteiger partial charge in [0.15, 0.2) is 0 Å². The summed E-state index contributed by atoms with van der Waals surface area (Å²) in [7, 11) is 0. The number of nitrogens with zero attached hydrogens (tertiary/aromatic N) is 2. The summed E-state index contributed by atoms with van der Waals surface area (Å²) in [4.78, 5) is 14.6. The molecule has 3 heterocycles. The van der Waals surface area contributed by atoms with Crippen molar-refractivity contribution < 1.29 is 0 Å². The lowest BCUT2D eigenvalue weighted by molar-refractivity contribution is 0.959. The molecule has 0 saturated carbocycles. The first-order chi connectivity index (χ1) is 6.88. The number of fused-ring (bicyclic) bond motifs is 3. The van der Waals surface area contributed by atoms with E-state index in [2.05, 4.69) is 26.0 Å². The Morgan fingerprint density at radius 1 is 1.50 bits per heavy atom. The van der Waals surface area contributed by atoms with Gasteiger partial charge in [-0.2, -0.15) is 0 Å². The molecule has 0 fully saturated rings. The highest BCUT2D eigenvalue weighted by atomic mass is 15.0. The number of nitrogens with two attached hydrogens (primary N) is 1. The van der Waals surface area contributed by atoms with Crippen LogP contribution in [-0.4, -0.2) is 19.9 Å². The van der Waals surface area contributed by atoms with E-state index < -0.39 is 0 Å². The fraction of sp³-hybridized carbons (Fsp3) is 0.111. The second-order valence-electron chi connectivity index (χ2n) is 3.06. The summed E-state index contributed by atoms with van der Waals surface area (Å²) < 4.78 is 0. The van der Waals surface area contributed by atoms with Gasteiger partial charge in [-0.3, -0.25) is 0 Å². The highest BCUT2D eigenvalue weighted by molar-refractivity contribution is 6.00. The molecular formula is C9H8N5. The summed E-state index contributed by atoms with van der Waals surface area (Å²) >= 11 is 0. The summed E-state index contributed by atoms with van der Waals surface area (Å²) in [6.45, 7) is 0.403. The van der Waals surface area contributed by atoms with Gasteiger partial charge in [-0.1, -0.05) is 0 Å². The van der Waals surface area contributed by atoms with Crippen LogP contribution in [0.2, 0.25) is 0 Å². The molecule has 0 spiro atoms. The molecule has 3 aromatic heterocycles. The summed E-state index contributed by atoms with van der Waals surface area (Å²) in [6.07, 6.45) is 3.46. The van der Waals surface area contributed by atoms with Gasteiger partial charge in [0, 0.05) is 12.3 Å². The number of imidazole rings is 1. The predicted octanol–water partition coefficient (Wildman–Crippen LogP) is 0.698. The maximum Gasteiger partial charge on any atom is 0.140 e. The lowest BCUT2D eigenvalue weighted by Crippen LogP contribution is -1.97. The molecule has 14 heavy (non-hydrogen) atoms. The van der Waals surface area contributed by atoms with Gasteiger partial charge < -0.3 is 15.7 Å². The van der Waals surface area contributed by atoms with Crippen LogP contribution in [0.25, 0.3) is 22.1 Å². The Morgan fingerprint density at radius 2 is 2.43 bits per heavy atom. The lowest BCUT2D eigenvalue weighted by atomic mass is 10.3. The third-order valence-electron chi connectivity index (χ3n) is 2.20. The average molecular weight is 186 g/mol. The van der Waals surface area contributed by atoms with Crippen LogP contribution in [0.4, 0.5) is 0 Å². The molecule has 0 aliphatic heterocycles. The molecule has 0 aliphatic rings. The van der Waals surface area contributed by atoms with E-state index in [1.165, 1.54) is 0 Å². The van der Waals surface area contributed by atoms with Crippen molar-refractivity contribution in [2.75, 3.05) is 0 Å². The van der Waals surface area contributed by atoms with Gasteiger partial charge >= 0.3 is 0 Å². The molecule has 0 aliphatic carbocycles. The SMILES string of the molecule is NCc1nc2cnc3[nH]c[c]c3c2[nH]1. The normalized spacial score (nSPS) is 11.5. The minimum atomic E-state index is 0.403. The Bertz CT molecular complexity index is 591. The first kappa shape index (κ1) is 7.52. The monoisotopic (exact) mass is 186 g/mol. The van der Waals surface area contributed by atoms with E-state index in [0.717, 1.165) is 27.9 Å². The third-order valence-corrected chi connectivity index (χ3v) is 2.20. The van der Waals surface area contributed by atoms with Crippen LogP contribution in [0.5, 0.6) is 0 Å². The second kappa shape index (κ2) is 2.55. The molecule has 0 atom stereocenters. The standard InChI is InChI=1S/C9H8N5/c10-3-7-13-6-4-12-9-5(1-2-11-9)8(6)14-7/h2,4H,3,10H2,(H,11,12)(H,13,14). The zero-order chi connectivity index (χ0) is 9.54. The first-order valence-corrected chi connectivity index (χ1v) is 4.31. The van der Waals surface area contributed by atoms with E-state index in [-0.39, 0.29) is 0 Å². The van der Waals surface area contributed by atoms with E-state index in [1.807, 2.05) is 0 Å². The average Bonchev–Trinajstić information content (AvgIpc) is 2.82. The molecule has 69 valence electrons. The number of aromatic nitrogens is 4. The summed E-state index contributed by atoms with van der Waals surface area (Å²) in [5, 5.41) is 0.926. The molecule has 0 aromatic carbocycles. The summed E-state index contributed by atoms with van der Waals surface area (Å²) in [6, 6.07) is 3.07. The maximum absolute atomic E-state index is 5.50. The van der Waals surface area contributed by atoms with Crippen molar-refractivity contribution in [3.05, 3.63) is 24.3 Å². The van der Waals surface area contributed by atoms with Crippen molar-refractivity contribution in [2.45, 2.75) is 6.54 Å². The van der Waals surface area contributed by atoms with E-state index in [4.69, 9.17) is 5.73 Å². The number of rotatable bonds is 1. The molecule has 3 aromatic rings. The van der Waals surface area contributed by atoms with Crippen LogP contribution >= 0.6 is 0 Å². The molecule has 0 unspecified atom stereocenters. The van der Waals surface area contributed by atoms with Crippen molar-refractivity contribution in [3.63, 3.8) is 0 Å². The topological polar surface area (TPSA) is 83.4 Å². The van der Waals surface area contributed by atoms with Gasteiger partial charge in [-0.25, -0.2) is 9.97 Å². The van der Waals surface area contributed by atoms with Crippen LogP contribution in [-0.2, 0) is 6.54 Å². The van der Waals surface area contributed by atoms with Gasteiger partial charge in [0.25, 0.3) is 0 Å². The smallest absolute Gasteiger partial charge is 0.140 e. The third kappa shape index (κ3) is 0.869. The highest BCUT2D eigenvalue weighted by Gasteiger charge is 2.06. The van der Waals surface area contributed by atoms with Crippen molar-refractivity contribution in [1.82, 2.24) is 19.9 Å². The quantitative estimate of drug-likeness (QED) is 0.523. The van der Waals surface area contributed by atoms with E-state index in [9.17, 15) is 0 Å². The van der Waals surface area contributed by atoms with E-state index in [0.29, 0.717) is 6.54 Å². The minimum Gasteiger partial charge on any atom is -0.345 e. The Labute approximate surface area is 79.4 Å². The highest BCUT2D eigenvalue weighted by Crippen LogP contribution is 2.19. The number of hydrogen-bond acceptors (Lipinski definition) is 3. The number of H-pyrrole nitrogens is 2. The molecule has 5 nitrogen and oxygen atoms in total. The first-order valence-electron chi connectivity index (χ1n) is 4.31. The lowest BCUT2D eigenvalue weighted by Gasteiger charge is -1.89. The largest absolute Gasteiger partial charge is 0.345 e. The summed E-state index contributed by atoms with van der Waals surface area (Å²) in [5.74, 6) is 0.768. The Hall–Kier alpha value is -1.88. The van der Waals surface area contributed by atoms with Crippen molar-refractivity contribution in [1.29, 1.82) is 0 Å². The molecule has 3 rings (SSSR count). The van der Waals surface area contributed by atoms with E-state index in [1.54, 1.807) is 12.4 Å². The van der Waals surface area contributed by atoms with Gasteiger partial charge in [0.1, 0.15) is 17.0 Å². The molecule has 1 radical (unpaired) electrons. The zero-order valence-corrected chi connectivity index (χ0v) is 7.33. The van der Waals surface area contributed by atoms with Crippen LogP contribution in [0.15, 0.2) is 12.4 Å². The molecule has 0 amide bonds. The minimum absolute atomic E-state index is 0.403. The van der Waals surface area contributed by atoms with Gasteiger partial charge in [0.05, 0.1) is 23.6 Å². The van der Waals surface area contributed by atoms with Crippen LogP contribution in [0.1, 0.15) is 5.82 Å². The van der Waals surface area contributed by atoms with Gasteiger partial charge in [-0.15, -0.1) is 0 Å². The van der Waals surface area contributed by atoms with Gasteiger partial charge in [-0.05, 0) is 0 Å². The molecule has 0 bridgehead atoms. The summed E-state index contributed by atoms with van der Waals surface area (Å²) in [5.41, 5.74) is 8.08. The molecule has 0 saturated heterocycles. The van der Waals surface area contributed by atoms with Gasteiger partial charge in [0.2, 0.25) is 0 Å². The fourth-order valence-corrected chi connectivity index (χ4v) is 1.55. The second-order valence-corrected chi connectivity index (χ2v) is 3.06. The number of aromatic amines is 2. The van der Waals surface area contributed by atoms with Crippen LogP contribution < -0.4 is 5.73 Å². The zero-order valence-electron chi connectivity index (χ0n) is 7.33. The number of nitrogens with one attached hydrogen (secondary N) is 2. The van der Waals surface area contributed by atoms with Crippen molar-refractivity contribution in [3.8, 4) is 0 Å². The molecule has 4 N–H and O–H groups in total. The maximum atomic E-state index is 5.50.